The van der Waals surface area contributed by atoms with Crippen molar-refractivity contribution in [1.29, 1.82) is 0 Å². The highest BCUT2D eigenvalue weighted by atomic mass is 32.1. The lowest BCUT2D eigenvalue weighted by Gasteiger charge is -2.38. The summed E-state index contributed by atoms with van der Waals surface area (Å²) in [6.07, 6.45) is 7.08. The fraction of sp³-hybridized carbons (Fsp3) is 0.444. The van der Waals surface area contributed by atoms with Crippen molar-refractivity contribution in [2.24, 2.45) is 5.92 Å². The average Bonchev–Trinajstić information content (AvgIpc) is 2.99. The zero-order valence-electron chi connectivity index (χ0n) is 14.4. The Morgan fingerprint density at radius 1 is 1.35 bits per heavy atom. The van der Waals surface area contributed by atoms with Gasteiger partial charge in [0.25, 0.3) is 5.56 Å². The molecule has 3 heterocycles. The standard InChI is InChI=1S/C18H20N4O3S/c1-2-15(24)21-8-11(9-21)7-14(23)20-22-10-19-17-16(18(22)25)12-5-3-4-6-13(12)26-17/h2,10-11H,1,3-9H2,(H,20,23). The van der Waals surface area contributed by atoms with Gasteiger partial charge in [-0.1, -0.05) is 6.58 Å². The van der Waals surface area contributed by atoms with Gasteiger partial charge in [-0.3, -0.25) is 19.8 Å². The molecule has 4 rings (SSSR count). The molecule has 26 heavy (non-hydrogen) atoms. The molecule has 0 saturated carbocycles. The van der Waals surface area contributed by atoms with E-state index in [2.05, 4.69) is 17.0 Å². The minimum absolute atomic E-state index is 0.111. The van der Waals surface area contributed by atoms with Crippen molar-refractivity contribution in [2.75, 3.05) is 18.5 Å². The molecule has 1 N–H and O–H groups in total. The first kappa shape index (κ1) is 17.0. The molecule has 0 bridgehead atoms. The van der Waals surface area contributed by atoms with Gasteiger partial charge in [0.2, 0.25) is 11.8 Å². The number of hydrogen-bond acceptors (Lipinski definition) is 5. The van der Waals surface area contributed by atoms with Crippen molar-refractivity contribution < 1.29 is 9.59 Å². The van der Waals surface area contributed by atoms with Crippen molar-refractivity contribution in [2.45, 2.75) is 32.1 Å². The van der Waals surface area contributed by atoms with E-state index in [0.29, 0.717) is 18.5 Å². The highest BCUT2D eigenvalue weighted by molar-refractivity contribution is 7.18. The Bertz CT molecular complexity index is 955. The van der Waals surface area contributed by atoms with Gasteiger partial charge in [0.05, 0.1) is 5.39 Å². The van der Waals surface area contributed by atoms with E-state index in [0.717, 1.165) is 36.1 Å². The van der Waals surface area contributed by atoms with Gasteiger partial charge < -0.3 is 4.90 Å². The number of hydrogen-bond donors (Lipinski definition) is 1. The predicted octanol–water partition coefficient (Wildman–Crippen LogP) is 1.44. The van der Waals surface area contributed by atoms with E-state index in [1.54, 1.807) is 16.2 Å². The number of nitrogens with one attached hydrogen (secondary N) is 1. The summed E-state index contributed by atoms with van der Waals surface area (Å²) in [5.41, 5.74) is 3.54. The van der Waals surface area contributed by atoms with E-state index in [4.69, 9.17) is 0 Å². The van der Waals surface area contributed by atoms with Crippen LogP contribution in [0.5, 0.6) is 0 Å². The molecule has 1 aliphatic carbocycles. The Morgan fingerprint density at radius 2 is 2.12 bits per heavy atom. The Kier molecular flexibility index (Phi) is 4.36. The minimum atomic E-state index is -0.243. The van der Waals surface area contributed by atoms with Crippen LogP contribution < -0.4 is 11.0 Å². The maximum absolute atomic E-state index is 12.8. The summed E-state index contributed by atoms with van der Waals surface area (Å²) in [5.74, 6) is -0.247. The van der Waals surface area contributed by atoms with E-state index in [1.165, 1.54) is 22.0 Å². The van der Waals surface area contributed by atoms with E-state index in [9.17, 15) is 14.4 Å². The third-order valence-corrected chi connectivity index (χ3v) is 6.24. The number of amides is 2. The molecule has 1 saturated heterocycles. The Morgan fingerprint density at radius 3 is 2.88 bits per heavy atom. The van der Waals surface area contributed by atoms with Crippen LogP contribution in [0.15, 0.2) is 23.8 Å². The van der Waals surface area contributed by atoms with Crippen LogP contribution in [0.1, 0.15) is 29.7 Å². The Hall–Kier alpha value is -2.48. The smallest absolute Gasteiger partial charge is 0.281 e. The van der Waals surface area contributed by atoms with Crippen LogP contribution in [0.2, 0.25) is 0 Å². The minimum Gasteiger partial charge on any atom is -0.338 e. The molecule has 7 nitrogen and oxygen atoms in total. The molecule has 2 aromatic rings. The van der Waals surface area contributed by atoms with Crippen molar-refractivity contribution in [3.8, 4) is 0 Å². The molecule has 2 aliphatic rings. The average molecular weight is 372 g/mol. The number of thiophene rings is 1. The summed E-state index contributed by atoms with van der Waals surface area (Å²) in [4.78, 5) is 44.5. The van der Waals surface area contributed by atoms with Crippen LogP contribution >= 0.6 is 11.3 Å². The number of nitrogens with zero attached hydrogens (tertiary/aromatic N) is 3. The summed E-state index contributed by atoms with van der Waals surface area (Å²) in [7, 11) is 0. The van der Waals surface area contributed by atoms with Gasteiger partial charge in [0, 0.05) is 30.3 Å². The second-order valence-electron chi connectivity index (χ2n) is 6.86. The second kappa shape index (κ2) is 6.68. The van der Waals surface area contributed by atoms with E-state index < -0.39 is 0 Å². The number of carbonyl (C=O) groups is 2. The summed E-state index contributed by atoms with van der Waals surface area (Å²) in [6, 6.07) is 0. The number of fused-ring (bicyclic) bond motifs is 3. The number of aryl methyl sites for hydroxylation is 2. The monoisotopic (exact) mass is 372 g/mol. The third-order valence-electron chi connectivity index (χ3n) is 5.04. The SMILES string of the molecule is C=CC(=O)N1CC(CC(=O)Nn2cnc3sc4c(c3c2=O)CCCC4)C1. The van der Waals surface area contributed by atoms with Gasteiger partial charge in [0.15, 0.2) is 0 Å². The van der Waals surface area contributed by atoms with E-state index in [1.807, 2.05) is 0 Å². The first-order valence-corrected chi connectivity index (χ1v) is 9.61. The molecule has 1 fully saturated rings. The van der Waals surface area contributed by atoms with Crippen molar-refractivity contribution >= 4 is 33.4 Å². The predicted molar refractivity (Wildman–Crippen MR) is 99.8 cm³/mol. The molecule has 0 atom stereocenters. The summed E-state index contributed by atoms with van der Waals surface area (Å²) >= 11 is 1.59. The molecule has 0 spiro atoms. The lowest BCUT2D eigenvalue weighted by Crippen LogP contribution is -2.50. The second-order valence-corrected chi connectivity index (χ2v) is 7.95. The number of carbonyl (C=O) groups excluding carboxylic acids is 2. The first-order valence-electron chi connectivity index (χ1n) is 8.80. The lowest BCUT2D eigenvalue weighted by atomic mass is 9.96. The number of aromatic nitrogens is 2. The van der Waals surface area contributed by atoms with Gasteiger partial charge in [-0.25, -0.2) is 9.66 Å². The van der Waals surface area contributed by atoms with E-state index >= 15 is 0 Å². The fourth-order valence-electron chi connectivity index (χ4n) is 3.68. The fourth-order valence-corrected chi connectivity index (χ4v) is 4.90. The van der Waals surface area contributed by atoms with Gasteiger partial charge in [-0.15, -0.1) is 11.3 Å². The summed E-state index contributed by atoms with van der Waals surface area (Å²) in [5, 5.41) is 0.652. The molecule has 2 amide bonds. The van der Waals surface area contributed by atoms with Gasteiger partial charge in [-0.2, -0.15) is 0 Å². The summed E-state index contributed by atoms with van der Waals surface area (Å²) < 4.78 is 1.19. The quantitative estimate of drug-likeness (QED) is 0.823. The maximum atomic E-state index is 12.8. The molecule has 0 unspecified atom stereocenters. The van der Waals surface area contributed by atoms with Gasteiger partial charge >= 0.3 is 0 Å². The lowest BCUT2D eigenvalue weighted by molar-refractivity contribution is -0.134. The highest BCUT2D eigenvalue weighted by Crippen LogP contribution is 2.33. The highest BCUT2D eigenvalue weighted by Gasteiger charge is 2.31. The zero-order chi connectivity index (χ0) is 18.3. The maximum Gasteiger partial charge on any atom is 0.281 e. The van der Waals surface area contributed by atoms with Crippen LogP contribution in [0.4, 0.5) is 0 Å². The number of rotatable bonds is 4. The van der Waals surface area contributed by atoms with Crippen molar-refractivity contribution in [3.63, 3.8) is 0 Å². The van der Waals surface area contributed by atoms with Gasteiger partial charge in [-0.05, 0) is 37.3 Å². The van der Waals surface area contributed by atoms with Gasteiger partial charge in [0.1, 0.15) is 11.2 Å². The molecule has 0 aromatic carbocycles. The van der Waals surface area contributed by atoms with Crippen LogP contribution in [0.3, 0.4) is 0 Å². The molecule has 8 heteroatoms. The van der Waals surface area contributed by atoms with Crippen LogP contribution in [-0.2, 0) is 22.4 Å². The first-order chi connectivity index (χ1) is 12.6. The molecular weight excluding hydrogens is 352 g/mol. The Labute approximate surface area is 154 Å². The van der Waals surface area contributed by atoms with E-state index in [-0.39, 0.29) is 29.7 Å². The van der Waals surface area contributed by atoms with Crippen LogP contribution in [0.25, 0.3) is 10.2 Å². The third kappa shape index (κ3) is 2.94. The largest absolute Gasteiger partial charge is 0.338 e. The topological polar surface area (TPSA) is 84.3 Å². The van der Waals surface area contributed by atoms with Crippen molar-refractivity contribution in [1.82, 2.24) is 14.6 Å². The number of likely N-dealkylation sites (tertiary alicyclic amines) is 1. The summed E-state index contributed by atoms with van der Waals surface area (Å²) in [6.45, 7) is 4.54. The van der Waals surface area contributed by atoms with Crippen molar-refractivity contribution in [3.05, 3.63) is 39.8 Å². The molecular formula is C18H20N4O3S. The molecule has 136 valence electrons. The molecule has 2 aromatic heterocycles. The zero-order valence-corrected chi connectivity index (χ0v) is 15.2. The Balaban J connectivity index is 1.47. The van der Waals surface area contributed by atoms with Crippen LogP contribution in [-0.4, -0.2) is 39.5 Å². The normalized spacial score (nSPS) is 16.8. The molecule has 1 aliphatic heterocycles. The molecule has 0 radical (unpaired) electrons. The van der Waals surface area contributed by atoms with Crippen LogP contribution in [0, 0.1) is 5.92 Å².